The Hall–Kier alpha value is -2.82. The highest BCUT2D eigenvalue weighted by molar-refractivity contribution is 5.94. The van der Waals surface area contributed by atoms with E-state index in [4.69, 9.17) is 4.74 Å². The minimum atomic E-state index is -0.388. The van der Waals surface area contributed by atoms with Crippen LogP contribution in [-0.2, 0) is 4.79 Å². The van der Waals surface area contributed by atoms with E-state index in [1.165, 1.54) is 0 Å². The van der Waals surface area contributed by atoms with E-state index < -0.39 is 0 Å². The van der Waals surface area contributed by atoms with Gasteiger partial charge in [0.25, 0.3) is 5.91 Å². The van der Waals surface area contributed by atoms with Gasteiger partial charge in [-0.2, -0.15) is 0 Å². The fourth-order valence-corrected chi connectivity index (χ4v) is 3.06. The zero-order chi connectivity index (χ0) is 19.4. The van der Waals surface area contributed by atoms with E-state index in [9.17, 15) is 9.59 Å². The van der Waals surface area contributed by atoms with Crippen LogP contribution in [0.25, 0.3) is 0 Å². The van der Waals surface area contributed by atoms with E-state index in [1.54, 1.807) is 29.2 Å². The molecule has 0 aromatic heterocycles. The van der Waals surface area contributed by atoms with Crippen molar-refractivity contribution in [1.29, 1.82) is 0 Å². The Morgan fingerprint density at radius 1 is 0.778 bits per heavy atom. The predicted molar refractivity (Wildman–Crippen MR) is 105 cm³/mol. The van der Waals surface area contributed by atoms with Crippen LogP contribution in [0.5, 0.6) is 11.5 Å². The molecule has 0 bridgehead atoms. The molecule has 5 nitrogen and oxygen atoms in total. The lowest BCUT2D eigenvalue weighted by Gasteiger charge is -2.37. The van der Waals surface area contributed by atoms with Gasteiger partial charge in [0, 0.05) is 37.2 Å². The molecule has 1 aliphatic rings. The van der Waals surface area contributed by atoms with Crippen LogP contribution in [-0.4, -0.2) is 47.8 Å². The van der Waals surface area contributed by atoms with Gasteiger partial charge in [-0.3, -0.25) is 9.59 Å². The number of benzene rings is 2. The molecule has 2 aromatic rings. The van der Waals surface area contributed by atoms with Gasteiger partial charge in [0.2, 0.25) is 5.91 Å². The summed E-state index contributed by atoms with van der Waals surface area (Å²) in [5, 5.41) is 0. The summed E-state index contributed by atoms with van der Waals surface area (Å²) >= 11 is 0. The first-order valence-electron chi connectivity index (χ1n) is 9.26. The third-order valence-corrected chi connectivity index (χ3v) is 4.58. The van der Waals surface area contributed by atoms with Gasteiger partial charge in [0.1, 0.15) is 11.5 Å². The SMILES string of the molecule is CC(C)(C)C(=O)N1CCN(C(=O)c2ccc(Oc3ccccc3)cc2)CC1. The van der Waals surface area contributed by atoms with E-state index in [1.807, 2.05) is 56.0 Å². The number of carbonyl (C=O) groups excluding carboxylic acids is 2. The maximum Gasteiger partial charge on any atom is 0.253 e. The van der Waals surface area contributed by atoms with Crippen LogP contribution >= 0.6 is 0 Å². The van der Waals surface area contributed by atoms with Gasteiger partial charge in [-0.25, -0.2) is 0 Å². The van der Waals surface area contributed by atoms with Crippen molar-refractivity contribution in [2.45, 2.75) is 20.8 Å². The lowest BCUT2D eigenvalue weighted by molar-refractivity contribution is -0.140. The van der Waals surface area contributed by atoms with Gasteiger partial charge in [-0.05, 0) is 36.4 Å². The summed E-state index contributed by atoms with van der Waals surface area (Å²) in [4.78, 5) is 28.7. The van der Waals surface area contributed by atoms with Gasteiger partial charge < -0.3 is 14.5 Å². The van der Waals surface area contributed by atoms with E-state index >= 15 is 0 Å². The number of hydrogen-bond acceptors (Lipinski definition) is 3. The molecule has 0 radical (unpaired) electrons. The molecule has 27 heavy (non-hydrogen) atoms. The first kappa shape index (κ1) is 19.0. The summed E-state index contributed by atoms with van der Waals surface area (Å²) in [6.07, 6.45) is 0. The smallest absolute Gasteiger partial charge is 0.253 e. The number of nitrogens with zero attached hydrogens (tertiary/aromatic N) is 2. The number of amides is 2. The molecule has 0 atom stereocenters. The molecule has 1 heterocycles. The predicted octanol–water partition coefficient (Wildman–Crippen LogP) is 3.81. The molecule has 0 saturated carbocycles. The summed E-state index contributed by atoms with van der Waals surface area (Å²) in [5.74, 6) is 1.58. The van der Waals surface area contributed by atoms with E-state index in [0.717, 1.165) is 5.75 Å². The minimum Gasteiger partial charge on any atom is -0.457 e. The third kappa shape index (κ3) is 4.67. The fourth-order valence-electron chi connectivity index (χ4n) is 3.06. The van der Waals surface area contributed by atoms with Gasteiger partial charge in [0.05, 0.1) is 0 Å². The second-order valence-corrected chi connectivity index (χ2v) is 7.77. The molecule has 1 saturated heterocycles. The maximum absolute atomic E-state index is 12.7. The Balaban J connectivity index is 1.58. The van der Waals surface area contributed by atoms with Crippen LogP contribution in [0.15, 0.2) is 54.6 Å². The quantitative estimate of drug-likeness (QED) is 0.830. The highest BCUT2D eigenvalue weighted by atomic mass is 16.5. The first-order valence-corrected chi connectivity index (χ1v) is 9.26. The average molecular weight is 366 g/mol. The molecule has 2 aromatic carbocycles. The number of hydrogen-bond donors (Lipinski definition) is 0. The maximum atomic E-state index is 12.7. The van der Waals surface area contributed by atoms with Gasteiger partial charge >= 0.3 is 0 Å². The topological polar surface area (TPSA) is 49.9 Å². The molecule has 0 N–H and O–H groups in total. The molecular formula is C22H26N2O3. The highest BCUT2D eigenvalue weighted by Crippen LogP contribution is 2.22. The Morgan fingerprint density at radius 2 is 1.30 bits per heavy atom. The number of carbonyl (C=O) groups is 2. The number of para-hydroxylation sites is 1. The Kier molecular flexibility index (Phi) is 5.49. The molecule has 142 valence electrons. The van der Waals surface area contributed by atoms with Crippen LogP contribution in [0.1, 0.15) is 31.1 Å². The molecule has 1 fully saturated rings. The molecule has 3 rings (SSSR count). The summed E-state index contributed by atoms with van der Waals surface area (Å²) < 4.78 is 5.76. The van der Waals surface area contributed by atoms with Crippen LogP contribution < -0.4 is 4.74 Å². The zero-order valence-electron chi connectivity index (χ0n) is 16.1. The van der Waals surface area contributed by atoms with Gasteiger partial charge in [-0.15, -0.1) is 0 Å². The number of piperazine rings is 1. The normalized spacial score (nSPS) is 14.8. The van der Waals surface area contributed by atoms with Crippen molar-refractivity contribution >= 4 is 11.8 Å². The molecule has 0 spiro atoms. The summed E-state index contributed by atoms with van der Waals surface area (Å²) in [6.45, 7) is 8.05. The lowest BCUT2D eigenvalue weighted by Crippen LogP contribution is -2.53. The molecule has 0 unspecified atom stereocenters. The molecule has 2 amide bonds. The van der Waals surface area contributed by atoms with Crippen molar-refractivity contribution in [1.82, 2.24) is 9.80 Å². The van der Waals surface area contributed by atoms with Crippen molar-refractivity contribution in [2.24, 2.45) is 5.41 Å². The molecule has 1 aliphatic heterocycles. The molecular weight excluding hydrogens is 340 g/mol. The lowest BCUT2D eigenvalue weighted by atomic mass is 9.94. The van der Waals surface area contributed by atoms with Crippen LogP contribution in [0.2, 0.25) is 0 Å². The third-order valence-electron chi connectivity index (χ3n) is 4.58. The Labute approximate surface area is 160 Å². The number of ether oxygens (including phenoxy) is 1. The highest BCUT2D eigenvalue weighted by Gasteiger charge is 2.31. The molecule has 5 heteroatoms. The van der Waals surface area contributed by atoms with E-state index in [0.29, 0.717) is 37.5 Å². The Morgan fingerprint density at radius 3 is 1.85 bits per heavy atom. The summed E-state index contributed by atoms with van der Waals surface area (Å²) in [7, 11) is 0. The fraction of sp³-hybridized carbons (Fsp3) is 0.364. The standard InChI is InChI=1S/C22H26N2O3/c1-22(2,3)21(26)24-15-13-23(14-16-24)20(25)17-9-11-19(12-10-17)27-18-7-5-4-6-8-18/h4-12H,13-16H2,1-3H3. The summed E-state index contributed by atoms with van der Waals surface area (Å²) in [6, 6.07) is 16.7. The largest absolute Gasteiger partial charge is 0.457 e. The van der Waals surface area contributed by atoms with E-state index in [2.05, 4.69) is 0 Å². The number of rotatable bonds is 3. The van der Waals surface area contributed by atoms with Crippen LogP contribution in [0.4, 0.5) is 0 Å². The van der Waals surface area contributed by atoms with Crippen molar-refractivity contribution < 1.29 is 14.3 Å². The average Bonchev–Trinajstić information content (AvgIpc) is 2.68. The second kappa shape index (κ2) is 7.82. The van der Waals surface area contributed by atoms with Gasteiger partial charge in [-0.1, -0.05) is 39.0 Å². The van der Waals surface area contributed by atoms with Crippen molar-refractivity contribution in [3.63, 3.8) is 0 Å². The Bertz CT molecular complexity index is 787. The second-order valence-electron chi connectivity index (χ2n) is 7.77. The van der Waals surface area contributed by atoms with Crippen molar-refractivity contribution in [3.8, 4) is 11.5 Å². The van der Waals surface area contributed by atoms with Crippen molar-refractivity contribution in [2.75, 3.05) is 26.2 Å². The van der Waals surface area contributed by atoms with Crippen LogP contribution in [0.3, 0.4) is 0 Å². The monoisotopic (exact) mass is 366 g/mol. The zero-order valence-corrected chi connectivity index (χ0v) is 16.1. The van der Waals surface area contributed by atoms with Crippen LogP contribution in [0, 0.1) is 5.41 Å². The minimum absolute atomic E-state index is 0.0101. The van der Waals surface area contributed by atoms with Gasteiger partial charge in [0.15, 0.2) is 0 Å². The summed E-state index contributed by atoms with van der Waals surface area (Å²) in [5.41, 5.74) is 0.242. The first-order chi connectivity index (χ1) is 12.8. The molecule has 0 aliphatic carbocycles. The van der Waals surface area contributed by atoms with E-state index in [-0.39, 0.29) is 17.2 Å². The van der Waals surface area contributed by atoms with Crippen molar-refractivity contribution in [3.05, 3.63) is 60.2 Å².